The summed E-state index contributed by atoms with van der Waals surface area (Å²) < 4.78 is 22.8. The van der Waals surface area contributed by atoms with Crippen LogP contribution in [0.25, 0.3) is 5.69 Å². The first-order chi connectivity index (χ1) is 16.4. The summed E-state index contributed by atoms with van der Waals surface area (Å²) in [7, 11) is 1.30. The second kappa shape index (κ2) is 10.2. The van der Waals surface area contributed by atoms with Crippen molar-refractivity contribution in [2.45, 2.75) is 51.2 Å². The molecule has 1 aliphatic carbocycles. The van der Waals surface area contributed by atoms with Crippen molar-refractivity contribution in [3.8, 4) is 11.4 Å². The number of methoxy groups -OCH3 is 1. The zero-order valence-corrected chi connectivity index (χ0v) is 19.2. The van der Waals surface area contributed by atoms with Gasteiger partial charge in [0.05, 0.1) is 19.3 Å². The lowest BCUT2D eigenvalue weighted by atomic mass is 9.89. The van der Waals surface area contributed by atoms with E-state index in [1.165, 1.54) is 25.3 Å². The van der Waals surface area contributed by atoms with Gasteiger partial charge < -0.3 is 10.5 Å². The van der Waals surface area contributed by atoms with Gasteiger partial charge in [-0.2, -0.15) is 0 Å². The Morgan fingerprint density at radius 1 is 0.941 bits per heavy atom. The van der Waals surface area contributed by atoms with Gasteiger partial charge in [0.1, 0.15) is 0 Å². The van der Waals surface area contributed by atoms with E-state index in [-0.39, 0.29) is 30.4 Å². The Hall–Kier alpha value is -3.46. The van der Waals surface area contributed by atoms with Gasteiger partial charge in [0.25, 0.3) is 0 Å². The van der Waals surface area contributed by atoms with Crippen LogP contribution in [0.2, 0.25) is 0 Å². The number of halogens is 1. The quantitative estimate of drug-likeness (QED) is 0.574. The molecule has 9 heteroatoms. The topological polar surface area (TPSA) is 101 Å². The molecule has 0 saturated heterocycles. The Labute approximate surface area is 196 Å². The standard InChI is InChI=1S/C25H29FN4O4/c1-34-21-14-8-13-20(22(21)26)30-24(32)28(15-17-9-4-2-5-10-17)23(31)29(25(30)33)16-19(27)18-11-6-3-7-12-18/h3,6-8,11-14,17,19H,2,4-5,9-10,15-16,27H2,1H3/t19-/m0/s1. The number of nitrogens with zero attached hydrogens (tertiary/aromatic N) is 3. The van der Waals surface area contributed by atoms with Crippen LogP contribution in [-0.2, 0) is 13.1 Å². The fourth-order valence-corrected chi connectivity index (χ4v) is 4.61. The van der Waals surface area contributed by atoms with E-state index in [0.29, 0.717) is 4.57 Å². The predicted octanol–water partition coefficient (Wildman–Crippen LogP) is 2.59. The zero-order chi connectivity index (χ0) is 24.2. The maximum atomic E-state index is 15.1. The fourth-order valence-electron chi connectivity index (χ4n) is 4.61. The molecule has 0 unspecified atom stereocenters. The summed E-state index contributed by atoms with van der Waals surface area (Å²) in [6, 6.07) is 12.6. The van der Waals surface area contributed by atoms with Gasteiger partial charge in [0.2, 0.25) is 0 Å². The van der Waals surface area contributed by atoms with Gasteiger partial charge in [-0.15, -0.1) is 0 Å². The SMILES string of the molecule is COc1cccc(-n2c(=O)n(CC3CCCCC3)c(=O)n(C[C@H](N)c3ccccc3)c2=O)c1F. The third-order valence-electron chi connectivity index (χ3n) is 6.48. The van der Waals surface area contributed by atoms with Crippen LogP contribution >= 0.6 is 0 Å². The number of ether oxygens (including phenoxy) is 1. The highest BCUT2D eigenvalue weighted by Crippen LogP contribution is 2.25. The van der Waals surface area contributed by atoms with Crippen LogP contribution in [0.15, 0.2) is 62.9 Å². The average molecular weight is 469 g/mol. The summed E-state index contributed by atoms with van der Waals surface area (Å²) in [4.78, 5) is 40.2. The van der Waals surface area contributed by atoms with E-state index in [1.54, 1.807) is 12.1 Å². The van der Waals surface area contributed by atoms with Crippen LogP contribution in [0.1, 0.15) is 43.7 Å². The maximum Gasteiger partial charge on any atom is 0.341 e. The van der Waals surface area contributed by atoms with Gasteiger partial charge in [-0.25, -0.2) is 32.5 Å². The molecule has 2 aromatic carbocycles. The molecule has 1 heterocycles. The van der Waals surface area contributed by atoms with E-state index in [9.17, 15) is 14.4 Å². The van der Waals surface area contributed by atoms with E-state index in [0.717, 1.165) is 46.8 Å². The van der Waals surface area contributed by atoms with Gasteiger partial charge in [0.15, 0.2) is 11.6 Å². The molecule has 1 aliphatic rings. The van der Waals surface area contributed by atoms with Crippen LogP contribution in [0, 0.1) is 11.7 Å². The first-order valence-electron chi connectivity index (χ1n) is 11.5. The Bertz CT molecular complexity index is 1320. The molecule has 1 fully saturated rings. The van der Waals surface area contributed by atoms with E-state index < -0.39 is 28.9 Å². The lowest BCUT2D eigenvalue weighted by Gasteiger charge is -2.23. The van der Waals surface area contributed by atoms with Gasteiger partial charge in [-0.1, -0.05) is 55.7 Å². The second-order valence-electron chi connectivity index (χ2n) is 8.72. The summed E-state index contributed by atoms with van der Waals surface area (Å²) in [6.07, 6.45) is 4.95. The van der Waals surface area contributed by atoms with E-state index in [2.05, 4.69) is 0 Å². The Morgan fingerprint density at radius 2 is 1.62 bits per heavy atom. The molecule has 2 N–H and O–H groups in total. The van der Waals surface area contributed by atoms with Crippen molar-refractivity contribution in [2.24, 2.45) is 11.7 Å². The summed E-state index contributed by atoms with van der Waals surface area (Å²) in [5.41, 5.74) is 4.25. The lowest BCUT2D eigenvalue weighted by molar-refractivity contribution is 0.300. The van der Waals surface area contributed by atoms with E-state index >= 15 is 4.39 Å². The highest BCUT2D eigenvalue weighted by Gasteiger charge is 2.24. The summed E-state index contributed by atoms with van der Waals surface area (Å²) >= 11 is 0. The first-order valence-corrected chi connectivity index (χ1v) is 11.5. The minimum Gasteiger partial charge on any atom is -0.494 e. The highest BCUT2D eigenvalue weighted by atomic mass is 19.1. The molecule has 1 atom stereocenters. The molecular weight excluding hydrogens is 439 g/mol. The first kappa shape index (κ1) is 23.7. The fraction of sp³-hybridized carbons (Fsp3) is 0.400. The minimum atomic E-state index is -0.937. The third kappa shape index (κ3) is 4.61. The molecule has 8 nitrogen and oxygen atoms in total. The molecule has 34 heavy (non-hydrogen) atoms. The summed E-state index contributed by atoms with van der Waals surface area (Å²) in [5, 5.41) is 0. The number of hydrogen-bond acceptors (Lipinski definition) is 5. The lowest BCUT2D eigenvalue weighted by Crippen LogP contribution is -2.55. The van der Waals surface area contributed by atoms with Gasteiger partial charge in [0, 0.05) is 12.6 Å². The second-order valence-corrected chi connectivity index (χ2v) is 8.72. The molecule has 0 spiro atoms. The molecule has 1 aromatic heterocycles. The summed E-state index contributed by atoms with van der Waals surface area (Å²) in [5.74, 6) is -0.830. The van der Waals surface area contributed by atoms with Crippen molar-refractivity contribution < 1.29 is 9.13 Å². The highest BCUT2D eigenvalue weighted by molar-refractivity contribution is 5.41. The minimum absolute atomic E-state index is 0.110. The molecule has 180 valence electrons. The molecule has 3 aromatic rings. The molecule has 0 bridgehead atoms. The molecular formula is C25H29FN4O4. The summed E-state index contributed by atoms with van der Waals surface area (Å²) in [6.45, 7) is 0.0162. The number of nitrogens with two attached hydrogens (primary N) is 1. The monoisotopic (exact) mass is 468 g/mol. The molecule has 4 rings (SSSR count). The molecule has 0 radical (unpaired) electrons. The van der Waals surface area contributed by atoms with Crippen LogP contribution in [0.4, 0.5) is 4.39 Å². The number of hydrogen-bond donors (Lipinski definition) is 1. The Morgan fingerprint density at radius 3 is 2.29 bits per heavy atom. The number of rotatable bonds is 7. The van der Waals surface area contributed by atoms with Crippen LogP contribution < -0.4 is 27.5 Å². The predicted molar refractivity (Wildman–Crippen MR) is 127 cm³/mol. The zero-order valence-electron chi connectivity index (χ0n) is 19.2. The van der Waals surface area contributed by atoms with Crippen molar-refractivity contribution in [2.75, 3.05) is 7.11 Å². The van der Waals surface area contributed by atoms with Crippen LogP contribution in [0.5, 0.6) is 5.75 Å². The largest absolute Gasteiger partial charge is 0.494 e. The maximum absolute atomic E-state index is 15.1. The molecule has 1 saturated carbocycles. The van der Waals surface area contributed by atoms with Gasteiger partial charge in [-0.3, -0.25) is 0 Å². The third-order valence-corrected chi connectivity index (χ3v) is 6.48. The number of benzene rings is 2. The van der Waals surface area contributed by atoms with Gasteiger partial charge >= 0.3 is 17.1 Å². The van der Waals surface area contributed by atoms with Crippen LogP contribution in [-0.4, -0.2) is 20.8 Å². The molecule has 0 amide bonds. The van der Waals surface area contributed by atoms with Crippen molar-refractivity contribution in [1.29, 1.82) is 0 Å². The van der Waals surface area contributed by atoms with E-state index in [4.69, 9.17) is 10.5 Å². The smallest absolute Gasteiger partial charge is 0.341 e. The van der Waals surface area contributed by atoms with Crippen molar-refractivity contribution in [1.82, 2.24) is 13.7 Å². The van der Waals surface area contributed by atoms with Crippen molar-refractivity contribution >= 4 is 0 Å². The van der Waals surface area contributed by atoms with Gasteiger partial charge in [-0.05, 0) is 36.5 Å². The van der Waals surface area contributed by atoms with Crippen molar-refractivity contribution in [3.63, 3.8) is 0 Å². The van der Waals surface area contributed by atoms with Crippen molar-refractivity contribution in [3.05, 3.63) is 91.4 Å². The molecule has 0 aliphatic heterocycles. The Balaban J connectivity index is 1.89. The Kier molecular flexibility index (Phi) is 7.12. The number of aromatic nitrogens is 3. The van der Waals surface area contributed by atoms with E-state index in [1.807, 2.05) is 18.2 Å². The van der Waals surface area contributed by atoms with Crippen LogP contribution in [0.3, 0.4) is 0 Å². The average Bonchev–Trinajstić information content (AvgIpc) is 2.86. The normalized spacial score (nSPS) is 15.3.